The van der Waals surface area contributed by atoms with E-state index in [0.717, 1.165) is 10.1 Å². The molecule has 0 radical (unpaired) electrons. The molecule has 36 heavy (non-hydrogen) atoms. The number of halogens is 1. The van der Waals surface area contributed by atoms with E-state index in [9.17, 15) is 23.2 Å². The monoisotopic (exact) mass is 526 g/mol. The van der Waals surface area contributed by atoms with Crippen molar-refractivity contribution in [1.29, 1.82) is 0 Å². The van der Waals surface area contributed by atoms with Crippen LogP contribution in [0.15, 0.2) is 66.2 Å². The van der Waals surface area contributed by atoms with Crippen molar-refractivity contribution in [1.82, 2.24) is 23.7 Å². The maximum absolute atomic E-state index is 13.3. The normalized spacial score (nSPS) is 14.8. The lowest BCUT2D eigenvalue weighted by Gasteiger charge is -2.33. The molecular formula is C23H19ClN6O5S. The first kappa shape index (κ1) is 23.9. The first-order valence-electron chi connectivity index (χ1n) is 10.8. The van der Waals surface area contributed by atoms with Crippen molar-refractivity contribution in [3.8, 4) is 11.1 Å². The standard InChI is InChI=1S/C23H19ClN6O5S/c24-19-1-2-20-17(11-19)12-21(30(20)15-31)36(34,35)29-9-7-27(8-10-29)23(32)22-25-13-18(14-26-22)16-3-5-28(33)6-4-16/h1-6,11-15H,7-10H2. The molecule has 0 N–H and O–H groups in total. The van der Waals surface area contributed by atoms with Crippen LogP contribution in [0.4, 0.5) is 0 Å². The van der Waals surface area contributed by atoms with E-state index in [1.165, 1.54) is 40.1 Å². The molecule has 1 saturated heterocycles. The number of benzene rings is 1. The van der Waals surface area contributed by atoms with Crippen LogP contribution in [0.5, 0.6) is 0 Å². The lowest BCUT2D eigenvalue weighted by Crippen LogP contribution is -2.51. The summed E-state index contributed by atoms with van der Waals surface area (Å²) in [5.74, 6) is -0.427. The van der Waals surface area contributed by atoms with Crippen LogP contribution in [0.3, 0.4) is 0 Å². The molecule has 0 unspecified atom stereocenters. The molecule has 4 aromatic rings. The second-order valence-electron chi connectivity index (χ2n) is 8.10. The number of fused-ring (bicyclic) bond motifs is 1. The summed E-state index contributed by atoms with van der Waals surface area (Å²) >= 11 is 6.01. The molecule has 11 nitrogen and oxygen atoms in total. The van der Waals surface area contributed by atoms with Crippen LogP contribution in [0.25, 0.3) is 22.0 Å². The number of carbonyl (C=O) groups excluding carboxylic acids is 2. The van der Waals surface area contributed by atoms with Crippen molar-refractivity contribution >= 4 is 44.8 Å². The Morgan fingerprint density at radius 1 is 1.00 bits per heavy atom. The van der Waals surface area contributed by atoms with Crippen LogP contribution in [0.1, 0.15) is 10.6 Å². The van der Waals surface area contributed by atoms with Crippen molar-refractivity contribution < 1.29 is 22.7 Å². The fourth-order valence-corrected chi connectivity index (χ4v) is 5.84. The molecule has 3 aromatic heterocycles. The number of piperazine rings is 1. The third kappa shape index (κ3) is 4.30. The highest BCUT2D eigenvalue weighted by Gasteiger charge is 2.33. The molecule has 1 aliphatic rings. The summed E-state index contributed by atoms with van der Waals surface area (Å²) in [7, 11) is -4.00. The SMILES string of the molecule is O=Cn1c(S(=O)(=O)N2CCN(C(=O)c3ncc(-c4cc[n+]([O-])cc4)cn3)CC2)cc2cc(Cl)ccc21. The van der Waals surface area contributed by atoms with Gasteiger partial charge in [0.15, 0.2) is 17.4 Å². The highest BCUT2D eigenvalue weighted by molar-refractivity contribution is 7.89. The van der Waals surface area contributed by atoms with Gasteiger partial charge in [0.25, 0.3) is 15.9 Å². The molecule has 0 bridgehead atoms. The van der Waals surface area contributed by atoms with Gasteiger partial charge in [-0.2, -0.15) is 9.04 Å². The Morgan fingerprint density at radius 3 is 2.31 bits per heavy atom. The lowest BCUT2D eigenvalue weighted by molar-refractivity contribution is -0.605. The predicted octanol–water partition coefficient (Wildman–Crippen LogP) is 1.57. The molecule has 0 saturated carbocycles. The van der Waals surface area contributed by atoms with E-state index in [1.54, 1.807) is 30.3 Å². The highest BCUT2D eigenvalue weighted by atomic mass is 35.5. The maximum Gasteiger partial charge on any atom is 0.291 e. The minimum atomic E-state index is -4.00. The predicted molar refractivity (Wildman–Crippen MR) is 130 cm³/mol. The quantitative estimate of drug-likeness (QED) is 0.219. The number of sulfonamides is 1. The smallest absolute Gasteiger partial charge is 0.291 e. The summed E-state index contributed by atoms with van der Waals surface area (Å²) in [6.07, 6.45) is 6.15. The fourth-order valence-electron chi connectivity index (χ4n) is 4.09. The number of carbonyl (C=O) groups is 2. The zero-order valence-electron chi connectivity index (χ0n) is 18.7. The number of rotatable bonds is 5. The van der Waals surface area contributed by atoms with Gasteiger partial charge in [-0.25, -0.2) is 18.4 Å². The minimum Gasteiger partial charge on any atom is -0.619 e. The topological polar surface area (TPSA) is 132 Å². The second-order valence-corrected chi connectivity index (χ2v) is 10.4. The summed E-state index contributed by atoms with van der Waals surface area (Å²) in [6, 6.07) is 9.42. The van der Waals surface area contributed by atoms with Crippen molar-refractivity contribution in [2.24, 2.45) is 0 Å². The number of pyridine rings is 1. The van der Waals surface area contributed by atoms with E-state index in [2.05, 4.69) is 9.97 Å². The number of aromatic nitrogens is 4. The Kier molecular flexibility index (Phi) is 6.16. The third-order valence-corrected chi connectivity index (χ3v) is 8.10. The molecule has 0 atom stereocenters. The molecule has 5 rings (SSSR count). The molecule has 1 fully saturated rings. The van der Waals surface area contributed by atoms with E-state index in [1.807, 2.05) is 0 Å². The lowest BCUT2D eigenvalue weighted by atomic mass is 10.1. The van der Waals surface area contributed by atoms with Crippen LogP contribution < -0.4 is 4.73 Å². The van der Waals surface area contributed by atoms with Gasteiger partial charge in [-0.1, -0.05) is 11.6 Å². The highest BCUT2D eigenvalue weighted by Crippen LogP contribution is 2.27. The number of hydrogen-bond donors (Lipinski definition) is 0. The van der Waals surface area contributed by atoms with E-state index < -0.39 is 15.9 Å². The molecular weight excluding hydrogens is 508 g/mol. The van der Waals surface area contributed by atoms with Gasteiger partial charge < -0.3 is 10.1 Å². The minimum absolute atomic E-state index is 0.0113. The average molecular weight is 527 g/mol. The Labute approximate surface area is 210 Å². The van der Waals surface area contributed by atoms with Crippen LogP contribution in [-0.2, 0) is 14.8 Å². The molecule has 1 aliphatic heterocycles. The van der Waals surface area contributed by atoms with Gasteiger partial charge in [-0.3, -0.25) is 14.2 Å². The Balaban J connectivity index is 1.30. The maximum atomic E-state index is 13.3. The summed E-state index contributed by atoms with van der Waals surface area (Å²) < 4.78 is 29.6. The molecule has 0 aliphatic carbocycles. The largest absolute Gasteiger partial charge is 0.619 e. The summed E-state index contributed by atoms with van der Waals surface area (Å²) in [4.78, 5) is 34.4. The Hall–Kier alpha value is -3.87. The fraction of sp³-hybridized carbons (Fsp3) is 0.174. The van der Waals surface area contributed by atoms with Crippen molar-refractivity contribution in [3.05, 3.63) is 77.2 Å². The first-order chi connectivity index (χ1) is 17.3. The number of hydrogen-bond acceptors (Lipinski definition) is 7. The molecule has 1 aromatic carbocycles. The van der Waals surface area contributed by atoms with Gasteiger partial charge in [0, 0.05) is 66.7 Å². The van der Waals surface area contributed by atoms with Gasteiger partial charge in [0.05, 0.1) is 5.52 Å². The molecule has 13 heteroatoms. The average Bonchev–Trinajstić information content (AvgIpc) is 3.27. The van der Waals surface area contributed by atoms with Crippen LogP contribution in [0.2, 0.25) is 5.02 Å². The van der Waals surface area contributed by atoms with Gasteiger partial charge in [0.2, 0.25) is 12.2 Å². The number of amides is 1. The summed E-state index contributed by atoms with van der Waals surface area (Å²) in [5, 5.41) is 12.0. The van der Waals surface area contributed by atoms with E-state index in [4.69, 9.17) is 11.6 Å². The molecule has 4 heterocycles. The molecule has 0 spiro atoms. The van der Waals surface area contributed by atoms with Crippen LogP contribution in [-0.4, -0.2) is 70.7 Å². The van der Waals surface area contributed by atoms with E-state index >= 15 is 0 Å². The molecule has 184 valence electrons. The summed E-state index contributed by atoms with van der Waals surface area (Å²) in [6.45, 7) is 0.371. The van der Waals surface area contributed by atoms with Crippen LogP contribution in [0, 0.1) is 5.21 Å². The number of nitrogens with zero attached hydrogens (tertiary/aromatic N) is 6. The molecule has 1 amide bonds. The van der Waals surface area contributed by atoms with Gasteiger partial charge in [0.1, 0.15) is 0 Å². The van der Waals surface area contributed by atoms with Crippen molar-refractivity contribution in [3.63, 3.8) is 0 Å². The zero-order valence-corrected chi connectivity index (χ0v) is 20.3. The van der Waals surface area contributed by atoms with E-state index in [-0.39, 0.29) is 37.0 Å². The van der Waals surface area contributed by atoms with Crippen molar-refractivity contribution in [2.45, 2.75) is 5.03 Å². The summed E-state index contributed by atoms with van der Waals surface area (Å²) in [5.41, 5.74) is 1.81. The third-order valence-electron chi connectivity index (χ3n) is 5.98. The van der Waals surface area contributed by atoms with Gasteiger partial charge in [-0.05, 0) is 29.8 Å². The Morgan fingerprint density at radius 2 is 1.67 bits per heavy atom. The first-order valence-corrected chi connectivity index (χ1v) is 12.7. The van der Waals surface area contributed by atoms with E-state index in [0.29, 0.717) is 32.6 Å². The van der Waals surface area contributed by atoms with Gasteiger partial charge >= 0.3 is 0 Å². The van der Waals surface area contributed by atoms with Crippen LogP contribution >= 0.6 is 11.6 Å². The van der Waals surface area contributed by atoms with Crippen molar-refractivity contribution in [2.75, 3.05) is 26.2 Å². The Bertz CT molecular complexity index is 1560. The second kappa shape index (κ2) is 9.30. The van der Waals surface area contributed by atoms with Gasteiger partial charge in [-0.15, -0.1) is 0 Å². The zero-order chi connectivity index (χ0) is 25.4.